The van der Waals surface area contributed by atoms with Crippen LogP contribution in [0.4, 0.5) is 5.95 Å². The molecule has 0 aliphatic carbocycles. The van der Waals surface area contributed by atoms with Crippen molar-refractivity contribution in [3.05, 3.63) is 12.4 Å². The van der Waals surface area contributed by atoms with Gasteiger partial charge in [0.25, 0.3) is 0 Å². The summed E-state index contributed by atoms with van der Waals surface area (Å²) in [4.78, 5) is 6.76. The highest BCUT2D eigenvalue weighted by Crippen LogP contribution is 2.15. The van der Waals surface area contributed by atoms with E-state index < -0.39 is 0 Å². The summed E-state index contributed by atoms with van der Waals surface area (Å²) in [5, 5.41) is 3.47. The number of imidazole rings is 1. The highest BCUT2D eigenvalue weighted by molar-refractivity contribution is 5.25. The molecule has 1 aliphatic rings. The molecule has 1 unspecified atom stereocenters. The molecule has 0 spiro atoms. The lowest BCUT2D eigenvalue weighted by molar-refractivity contribution is 0.190. The van der Waals surface area contributed by atoms with Crippen LogP contribution in [0.25, 0.3) is 0 Å². The standard InChI is InChI=1S/C13H24N4O/c1-16-7-4-12(11-16)10-15-13-14-5-8-17(13)6-3-9-18-2/h5,8,12H,3-4,6-7,9-11H2,1-2H3,(H,14,15). The second-order valence-electron chi connectivity index (χ2n) is 5.09. The fourth-order valence-electron chi connectivity index (χ4n) is 2.46. The van der Waals surface area contributed by atoms with Gasteiger partial charge in [-0.3, -0.25) is 0 Å². The van der Waals surface area contributed by atoms with Gasteiger partial charge >= 0.3 is 0 Å². The Bertz CT molecular complexity index is 353. The lowest BCUT2D eigenvalue weighted by Gasteiger charge is -2.13. The van der Waals surface area contributed by atoms with E-state index in [1.165, 1.54) is 19.5 Å². The second-order valence-corrected chi connectivity index (χ2v) is 5.09. The van der Waals surface area contributed by atoms with Gasteiger partial charge < -0.3 is 19.5 Å². The van der Waals surface area contributed by atoms with Gasteiger partial charge in [-0.05, 0) is 32.4 Å². The topological polar surface area (TPSA) is 42.3 Å². The number of ether oxygens (including phenoxy) is 1. The minimum Gasteiger partial charge on any atom is -0.385 e. The lowest BCUT2D eigenvalue weighted by Crippen LogP contribution is -2.20. The first kappa shape index (κ1) is 13.4. The van der Waals surface area contributed by atoms with Crippen molar-refractivity contribution >= 4 is 5.95 Å². The van der Waals surface area contributed by atoms with Crippen LogP contribution in [0.15, 0.2) is 12.4 Å². The molecule has 5 heteroatoms. The quantitative estimate of drug-likeness (QED) is 0.742. The number of hydrogen-bond acceptors (Lipinski definition) is 4. The summed E-state index contributed by atoms with van der Waals surface area (Å²) in [5.41, 5.74) is 0. The van der Waals surface area contributed by atoms with Gasteiger partial charge in [0.05, 0.1) is 0 Å². The molecule has 1 aromatic heterocycles. The molecule has 1 saturated heterocycles. The Morgan fingerprint density at radius 3 is 3.17 bits per heavy atom. The average molecular weight is 252 g/mol. The van der Waals surface area contributed by atoms with Crippen LogP contribution in [-0.4, -0.2) is 54.8 Å². The molecule has 2 rings (SSSR count). The molecular formula is C13H24N4O. The molecule has 0 saturated carbocycles. The highest BCUT2D eigenvalue weighted by atomic mass is 16.5. The van der Waals surface area contributed by atoms with Crippen LogP contribution in [0.1, 0.15) is 12.8 Å². The first-order valence-corrected chi connectivity index (χ1v) is 6.72. The van der Waals surface area contributed by atoms with Crippen molar-refractivity contribution in [2.24, 2.45) is 5.92 Å². The summed E-state index contributed by atoms with van der Waals surface area (Å²) in [7, 11) is 3.93. The van der Waals surface area contributed by atoms with E-state index in [1.54, 1.807) is 7.11 Å². The van der Waals surface area contributed by atoms with Crippen LogP contribution in [0, 0.1) is 5.92 Å². The molecular weight excluding hydrogens is 228 g/mol. The SMILES string of the molecule is COCCCn1ccnc1NCC1CCN(C)C1. The van der Waals surface area contributed by atoms with Crippen LogP contribution >= 0.6 is 0 Å². The van der Waals surface area contributed by atoms with E-state index in [1.807, 2.05) is 12.4 Å². The van der Waals surface area contributed by atoms with Crippen LogP contribution in [0.3, 0.4) is 0 Å². The van der Waals surface area contributed by atoms with Gasteiger partial charge in [-0.15, -0.1) is 0 Å². The fourth-order valence-corrected chi connectivity index (χ4v) is 2.46. The summed E-state index contributed by atoms with van der Waals surface area (Å²) in [6, 6.07) is 0. The Kier molecular flexibility index (Phi) is 5.01. The highest BCUT2D eigenvalue weighted by Gasteiger charge is 2.19. The zero-order valence-electron chi connectivity index (χ0n) is 11.4. The van der Waals surface area contributed by atoms with Crippen LogP contribution < -0.4 is 5.32 Å². The van der Waals surface area contributed by atoms with Gasteiger partial charge in [0.2, 0.25) is 5.95 Å². The van der Waals surface area contributed by atoms with Crippen LogP contribution in [-0.2, 0) is 11.3 Å². The minimum absolute atomic E-state index is 0.749. The maximum Gasteiger partial charge on any atom is 0.202 e. The predicted octanol–water partition coefficient (Wildman–Crippen LogP) is 1.28. The van der Waals surface area contributed by atoms with E-state index >= 15 is 0 Å². The average Bonchev–Trinajstić information content (AvgIpc) is 2.96. The number of methoxy groups -OCH3 is 1. The molecule has 0 amide bonds. The Morgan fingerprint density at radius 1 is 1.56 bits per heavy atom. The van der Waals surface area contributed by atoms with Crippen molar-refractivity contribution in [1.82, 2.24) is 14.5 Å². The third-order valence-electron chi connectivity index (χ3n) is 3.50. The van der Waals surface area contributed by atoms with Crippen molar-refractivity contribution in [3.63, 3.8) is 0 Å². The van der Waals surface area contributed by atoms with E-state index in [-0.39, 0.29) is 0 Å². The molecule has 2 heterocycles. The van der Waals surface area contributed by atoms with Crippen molar-refractivity contribution in [2.75, 3.05) is 45.7 Å². The number of aromatic nitrogens is 2. The van der Waals surface area contributed by atoms with Gasteiger partial charge in [-0.1, -0.05) is 0 Å². The maximum absolute atomic E-state index is 5.07. The Morgan fingerprint density at radius 2 is 2.44 bits per heavy atom. The molecule has 1 aliphatic heterocycles. The molecule has 0 bridgehead atoms. The summed E-state index contributed by atoms with van der Waals surface area (Å²) >= 11 is 0. The summed E-state index contributed by atoms with van der Waals surface area (Å²) in [6.07, 6.45) is 6.19. The molecule has 5 nitrogen and oxygen atoms in total. The third kappa shape index (κ3) is 3.71. The van der Waals surface area contributed by atoms with Gasteiger partial charge in [-0.25, -0.2) is 4.98 Å². The molecule has 1 N–H and O–H groups in total. The molecule has 102 valence electrons. The second kappa shape index (κ2) is 6.75. The number of nitrogens with zero attached hydrogens (tertiary/aromatic N) is 3. The van der Waals surface area contributed by atoms with Crippen LogP contribution in [0.2, 0.25) is 0 Å². The molecule has 1 atom stereocenters. The molecule has 1 aromatic rings. The first-order chi connectivity index (χ1) is 8.79. The first-order valence-electron chi connectivity index (χ1n) is 6.72. The number of aryl methyl sites for hydroxylation is 1. The lowest BCUT2D eigenvalue weighted by atomic mass is 10.1. The van der Waals surface area contributed by atoms with Crippen molar-refractivity contribution in [2.45, 2.75) is 19.4 Å². The van der Waals surface area contributed by atoms with Gasteiger partial charge in [0.1, 0.15) is 0 Å². The number of hydrogen-bond donors (Lipinski definition) is 1. The Labute approximate surface area is 109 Å². The van der Waals surface area contributed by atoms with E-state index in [0.717, 1.165) is 38.0 Å². The zero-order chi connectivity index (χ0) is 12.8. The number of anilines is 1. The van der Waals surface area contributed by atoms with E-state index in [9.17, 15) is 0 Å². The van der Waals surface area contributed by atoms with Gasteiger partial charge in [-0.2, -0.15) is 0 Å². The Hall–Kier alpha value is -1.07. The molecule has 0 aromatic carbocycles. The van der Waals surface area contributed by atoms with Crippen LogP contribution in [0.5, 0.6) is 0 Å². The van der Waals surface area contributed by atoms with Gasteiger partial charge in [0, 0.05) is 45.7 Å². The normalized spacial score (nSPS) is 20.4. The Balaban J connectivity index is 1.76. The van der Waals surface area contributed by atoms with E-state index in [2.05, 4.69) is 26.8 Å². The molecule has 0 radical (unpaired) electrons. The van der Waals surface area contributed by atoms with E-state index in [4.69, 9.17) is 4.74 Å². The largest absolute Gasteiger partial charge is 0.385 e. The van der Waals surface area contributed by atoms with Crippen molar-refractivity contribution < 1.29 is 4.74 Å². The number of likely N-dealkylation sites (tertiary alicyclic amines) is 1. The van der Waals surface area contributed by atoms with Crippen molar-refractivity contribution in [1.29, 1.82) is 0 Å². The minimum atomic E-state index is 0.749. The molecule has 18 heavy (non-hydrogen) atoms. The predicted molar refractivity (Wildman–Crippen MR) is 72.8 cm³/mol. The number of rotatable bonds is 7. The monoisotopic (exact) mass is 252 g/mol. The smallest absolute Gasteiger partial charge is 0.202 e. The van der Waals surface area contributed by atoms with Gasteiger partial charge in [0.15, 0.2) is 0 Å². The maximum atomic E-state index is 5.07. The summed E-state index contributed by atoms with van der Waals surface area (Å²) in [5.74, 6) is 1.74. The van der Waals surface area contributed by atoms with Crippen molar-refractivity contribution in [3.8, 4) is 0 Å². The zero-order valence-corrected chi connectivity index (χ0v) is 11.4. The fraction of sp³-hybridized carbons (Fsp3) is 0.769. The molecule has 1 fully saturated rings. The summed E-state index contributed by atoms with van der Waals surface area (Å²) < 4.78 is 7.24. The van der Waals surface area contributed by atoms with E-state index in [0.29, 0.717) is 0 Å². The number of nitrogens with one attached hydrogen (secondary N) is 1. The summed E-state index contributed by atoms with van der Waals surface area (Å²) in [6.45, 7) is 5.18. The third-order valence-corrected chi connectivity index (χ3v) is 3.50.